The van der Waals surface area contributed by atoms with Gasteiger partial charge in [-0.3, -0.25) is 0 Å². The van der Waals surface area contributed by atoms with E-state index in [9.17, 15) is 13.2 Å². The Morgan fingerprint density at radius 3 is 2.19 bits per heavy atom. The van der Waals surface area contributed by atoms with Crippen molar-refractivity contribution < 1.29 is 26.7 Å². The van der Waals surface area contributed by atoms with Gasteiger partial charge in [0.05, 0.1) is 12.2 Å². The molecule has 4 rings (SSSR count). The first-order chi connectivity index (χ1) is 14.7. The number of hydrogen-bond acceptors (Lipinski definition) is 1. The van der Waals surface area contributed by atoms with Crippen LogP contribution in [0, 0.1) is 17.6 Å². The summed E-state index contributed by atoms with van der Waals surface area (Å²) in [5, 5.41) is 0. The minimum absolute atomic E-state index is 0.139. The van der Waals surface area contributed by atoms with Crippen molar-refractivity contribution in [2.24, 2.45) is 5.92 Å². The molecular weight excluding hydrogens is 411 g/mol. The number of hydrogen-bond donors (Lipinski definition) is 0. The van der Waals surface area contributed by atoms with Crippen LogP contribution >= 0.6 is 0 Å². The van der Waals surface area contributed by atoms with Gasteiger partial charge in [0, 0.05) is 5.92 Å². The van der Waals surface area contributed by atoms with Gasteiger partial charge in [0.15, 0.2) is 6.10 Å². The summed E-state index contributed by atoms with van der Waals surface area (Å²) < 4.78 is 74.5. The lowest BCUT2D eigenvalue weighted by atomic mass is 9.77. The smallest absolute Gasteiger partial charge is 0.363 e. The fourth-order valence-electron chi connectivity index (χ4n) is 5.20. The van der Waals surface area contributed by atoms with Crippen LogP contribution in [0.5, 0.6) is 0 Å². The van der Waals surface area contributed by atoms with Crippen molar-refractivity contribution in [2.45, 2.75) is 76.7 Å². The molecule has 0 N–H and O–H groups in total. The number of benzene rings is 2. The maximum atomic E-state index is 15.0. The van der Waals surface area contributed by atoms with E-state index in [1.807, 2.05) is 0 Å². The Morgan fingerprint density at radius 1 is 0.968 bits per heavy atom. The molecule has 0 saturated heterocycles. The highest BCUT2D eigenvalue weighted by molar-refractivity contribution is 5.67. The normalized spacial score (nSPS) is 26.5. The summed E-state index contributed by atoms with van der Waals surface area (Å²) >= 11 is 0. The number of ether oxygens (including phenoxy) is 1. The van der Waals surface area contributed by atoms with Crippen LogP contribution in [0.15, 0.2) is 30.3 Å². The third kappa shape index (κ3) is 4.36. The van der Waals surface area contributed by atoms with Crippen molar-refractivity contribution in [3.8, 4) is 11.1 Å². The van der Waals surface area contributed by atoms with E-state index in [0.29, 0.717) is 28.2 Å². The Bertz CT molecular complexity index is 920. The lowest BCUT2D eigenvalue weighted by Gasteiger charge is -2.33. The predicted molar refractivity (Wildman–Crippen MR) is 110 cm³/mol. The van der Waals surface area contributed by atoms with E-state index in [0.717, 1.165) is 32.1 Å². The molecule has 2 unspecified atom stereocenters. The second kappa shape index (κ2) is 8.53. The van der Waals surface area contributed by atoms with Crippen LogP contribution < -0.4 is 0 Å². The van der Waals surface area contributed by atoms with E-state index >= 15 is 8.78 Å². The highest BCUT2D eigenvalue weighted by Gasteiger charge is 2.47. The predicted octanol–water partition coefficient (Wildman–Crippen LogP) is 7.88. The summed E-state index contributed by atoms with van der Waals surface area (Å²) in [4.78, 5) is 0. The molecule has 1 aliphatic carbocycles. The van der Waals surface area contributed by atoms with Crippen molar-refractivity contribution in [3.63, 3.8) is 0 Å². The van der Waals surface area contributed by atoms with Crippen molar-refractivity contribution in [1.82, 2.24) is 0 Å². The molecule has 0 spiro atoms. The zero-order chi connectivity index (χ0) is 22.3. The molecule has 1 fully saturated rings. The number of rotatable bonds is 3. The molecule has 1 nitrogen and oxygen atoms in total. The minimum atomic E-state index is -4.46. The average Bonchev–Trinajstić information content (AvgIpc) is 2.72. The van der Waals surface area contributed by atoms with Gasteiger partial charge in [0.25, 0.3) is 0 Å². The molecule has 2 aromatic rings. The fourth-order valence-corrected chi connectivity index (χ4v) is 5.20. The Hall–Kier alpha value is -1.95. The van der Waals surface area contributed by atoms with E-state index in [2.05, 4.69) is 6.92 Å². The van der Waals surface area contributed by atoms with Gasteiger partial charge in [-0.05, 0) is 78.0 Å². The van der Waals surface area contributed by atoms with E-state index in [1.54, 1.807) is 6.07 Å². The highest BCUT2D eigenvalue weighted by atomic mass is 19.4. The quantitative estimate of drug-likeness (QED) is 0.443. The molecule has 168 valence electrons. The van der Waals surface area contributed by atoms with E-state index in [4.69, 9.17) is 4.74 Å². The van der Waals surface area contributed by atoms with E-state index < -0.39 is 29.8 Å². The van der Waals surface area contributed by atoms with Crippen LogP contribution in [0.3, 0.4) is 0 Å². The zero-order valence-electron chi connectivity index (χ0n) is 17.7. The van der Waals surface area contributed by atoms with Crippen molar-refractivity contribution >= 4 is 0 Å². The molecule has 6 heteroatoms. The topological polar surface area (TPSA) is 9.23 Å². The lowest BCUT2D eigenvalue weighted by molar-refractivity contribution is -0.233. The summed E-state index contributed by atoms with van der Waals surface area (Å²) in [6, 6.07) is 7.43. The monoisotopic (exact) mass is 438 g/mol. The first kappa shape index (κ1) is 22.3. The zero-order valence-corrected chi connectivity index (χ0v) is 17.7. The van der Waals surface area contributed by atoms with Crippen LogP contribution in [-0.2, 0) is 11.3 Å². The summed E-state index contributed by atoms with van der Waals surface area (Å²) in [7, 11) is 0. The summed E-state index contributed by atoms with van der Waals surface area (Å²) in [6.07, 6.45) is -1.17. The number of alkyl halides is 3. The lowest BCUT2D eigenvalue weighted by Crippen LogP contribution is -2.39. The Balaban J connectivity index is 1.61. The van der Waals surface area contributed by atoms with Gasteiger partial charge in [-0.15, -0.1) is 0 Å². The number of fused-ring (bicyclic) bond motifs is 1. The van der Waals surface area contributed by atoms with Crippen molar-refractivity contribution in [3.05, 3.63) is 58.7 Å². The second-order valence-electron chi connectivity index (χ2n) is 8.96. The molecule has 2 atom stereocenters. The molecular formula is C25H27F5O. The third-order valence-corrected chi connectivity index (χ3v) is 7.08. The fraction of sp³-hybridized carbons (Fsp3) is 0.520. The molecule has 31 heavy (non-hydrogen) atoms. The molecule has 1 aliphatic heterocycles. The SMILES string of the molecule is CCC1CCC(c2cc(F)c(-c3ccc4c(c3)COC(C(F)(F)F)C4C)c(F)c2)CC1. The Labute approximate surface area is 179 Å². The number of halogens is 5. The van der Waals surface area contributed by atoms with Gasteiger partial charge in [-0.1, -0.05) is 32.4 Å². The van der Waals surface area contributed by atoms with E-state index in [-0.39, 0.29) is 18.1 Å². The standard InChI is InChI=1S/C25H27F5O/c1-3-15-4-6-16(7-5-15)18-11-21(26)23(22(27)12-18)17-8-9-20-14(2)24(25(28,29)30)31-13-19(20)10-17/h8-12,14-16,24H,3-7,13H2,1-2H3. The summed E-state index contributed by atoms with van der Waals surface area (Å²) in [6.45, 7) is 3.39. The van der Waals surface area contributed by atoms with Crippen molar-refractivity contribution in [1.29, 1.82) is 0 Å². The van der Waals surface area contributed by atoms with Gasteiger partial charge in [-0.25, -0.2) is 8.78 Å². The molecule has 2 aromatic carbocycles. The summed E-state index contributed by atoms with van der Waals surface area (Å²) in [5.41, 5.74) is 1.90. The Morgan fingerprint density at radius 2 is 1.61 bits per heavy atom. The maximum absolute atomic E-state index is 15.0. The third-order valence-electron chi connectivity index (χ3n) is 7.08. The van der Waals surface area contributed by atoms with Crippen LogP contribution in [0.1, 0.15) is 74.5 Å². The van der Waals surface area contributed by atoms with Crippen LogP contribution in [0.4, 0.5) is 22.0 Å². The minimum Gasteiger partial charge on any atom is -0.363 e. The molecule has 0 aromatic heterocycles. The molecule has 2 aliphatic rings. The molecule has 0 radical (unpaired) electrons. The van der Waals surface area contributed by atoms with Gasteiger partial charge in [0.1, 0.15) is 11.6 Å². The molecule has 1 saturated carbocycles. The Kier molecular flexibility index (Phi) is 6.12. The van der Waals surface area contributed by atoms with Crippen LogP contribution in [0.2, 0.25) is 0 Å². The molecule has 1 heterocycles. The largest absolute Gasteiger partial charge is 0.415 e. The van der Waals surface area contributed by atoms with Gasteiger partial charge in [0.2, 0.25) is 0 Å². The second-order valence-corrected chi connectivity index (χ2v) is 8.96. The van der Waals surface area contributed by atoms with Gasteiger partial charge < -0.3 is 4.74 Å². The molecule has 0 bridgehead atoms. The summed E-state index contributed by atoms with van der Waals surface area (Å²) in [5.74, 6) is -1.29. The van der Waals surface area contributed by atoms with Gasteiger partial charge >= 0.3 is 6.18 Å². The van der Waals surface area contributed by atoms with Gasteiger partial charge in [-0.2, -0.15) is 13.2 Å². The van der Waals surface area contributed by atoms with Crippen LogP contribution in [-0.4, -0.2) is 12.3 Å². The first-order valence-corrected chi connectivity index (χ1v) is 11.0. The average molecular weight is 438 g/mol. The highest BCUT2D eigenvalue weighted by Crippen LogP contribution is 2.42. The first-order valence-electron chi connectivity index (χ1n) is 11.0. The van der Waals surface area contributed by atoms with E-state index in [1.165, 1.54) is 31.2 Å². The maximum Gasteiger partial charge on any atom is 0.415 e. The molecule has 0 amide bonds. The van der Waals surface area contributed by atoms with Crippen molar-refractivity contribution in [2.75, 3.05) is 0 Å². The van der Waals surface area contributed by atoms with Crippen LogP contribution in [0.25, 0.3) is 11.1 Å².